The van der Waals surface area contributed by atoms with E-state index in [2.05, 4.69) is 15.0 Å². The summed E-state index contributed by atoms with van der Waals surface area (Å²) in [5.74, 6) is -0.0690. The fourth-order valence-corrected chi connectivity index (χ4v) is 1.51. The van der Waals surface area contributed by atoms with Crippen LogP contribution in [0.2, 0.25) is 5.28 Å². The number of rotatable bonds is 3. The molecule has 0 spiro atoms. The predicted octanol–water partition coefficient (Wildman–Crippen LogP) is 2.83. The molecule has 0 aliphatic rings. The van der Waals surface area contributed by atoms with Crippen LogP contribution < -0.4 is 9.64 Å². The summed E-state index contributed by atoms with van der Waals surface area (Å²) in [5.41, 5.74) is 0.477. The van der Waals surface area contributed by atoms with Crippen LogP contribution in [0.25, 0.3) is 0 Å². The second-order valence-electron chi connectivity index (χ2n) is 4.07. The van der Waals surface area contributed by atoms with E-state index in [1.165, 1.54) is 6.07 Å². The third-order valence-corrected chi connectivity index (χ3v) is 2.50. The Labute approximate surface area is 115 Å². The summed E-state index contributed by atoms with van der Waals surface area (Å²) >= 11 is 5.77. The van der Waals surface area contributed by atoms with Gasteiger partial charge in [-0.25, -0.2) is 4.39 Å². The van der Waals surface area contributed by atoms with Crippen molar-refractivity contribution in [1.29, 1.82) is 0 Å². The number of anilines is 1. The standard InChI is InChI=1S/C12H12ClFN4O/c1-7-5-4-6-8(9(7)14)19-12-16-10(13)15-11(17-12)18(2)3/h4-6H,1-3H3. The molecule has 2 rings (SSSR count). The van der Waals surface area contributed by atoms with Gasteiger partial charge in [-0.2, -0.15) is 15.0 Å². The minimum absolute atomic E-state index is 0.0123. The molecule has 0 saturated heterocycles. The molecule has 0 amide bonds. The molecule has 1 heterocycles. The van der Waals surface area contributed by atoms with Crippen molar-refractivity contribution in [3.05, 3.63) is 34.9 Å². The summed E-state index contributed by atoms with van der Waals surface area (Å²) in [6.45, 7) is 1.65. The number of nitrogens with zero attached hydrogens (tertiary/aromatic N) is 4. The van der Waals surface area contributed by atoms with Gasteiger partial charge in [0.2, 0.25) is 11.2 Å². The normalized spacial score (nSPS) is 10.4. The first-order chi connectivity index (χ1) is 8.97. The van der Waals surface area contributed by atoms with Gasteiger partial charge in [-0.3, -0.25) is 0 Å². The van der Waals surface area contributed by atoms with Crippen LogP contribution in [0.3, 0.4) is 0 Å². The van der Waals surface area contributed by atoms with Gasteiger partial charge in [-0.15, -0.1) is 0 Å². The Morgan fingerprint density at radius 3 is 2.63 bits per heavy atom. The Morgan fingerprint density at radius 2 is 1.95 bits per heavy atom. The van der Waals surface area contributed by atoms with E-state index in [-0.39, 0.29) is 17.0 Å². The van der Waals surface area contributed by atoms with Gasteiger partial charge >= 0.3 is 6.01 Å². The van der Waals surface area contributed by atoms with Crippen LogP contribution >= 0.6 is 11.6 Å². The third-order valence-electron chi connectivity index (χ3n) is 2.33. The summed E-state index contributed by atoms with van der Waals surface area (Å²) in [5, 5.41) is -0.0123. The van der Waals surface area contributed by atoms with E-state index in [0.29, 0.717) is 11.5 Å². The second-order valence-corrected chi connectivity index (χ2v) is 4.41. The van der Waals surface area contributed by atoms with Crippen LogP contribution in [0.1, 0.15) is 5.56 Å². The highest BCUT2D eigenvalue weighted by Gasteiger charge is 2.12. The average Bonchev–Trinajstić information content (AvgIpc) is 2.34. The van der Waals surface area contributed by atoms with Crippen molar-refractivity contribution in [1.82, 2.24) is 15.0 Å². The third kappa shape index (κ3) is 3.08. The van der Waals surface area contributed by atoms with Crippen LogP contribution in [0.15, 0.2) is 18.2 Å². The van der Waals surface area contributed by atoms with E-state index in [1.54, 1.807) is 38.1 Å². The van der Waals surface area contributed by atoms with Gasteiger partial charge in [-0.1, -0.05) is 12.1 Å². The van der Waals surface area contributed by atoms with Gasteiger partial charge in [0, 0.05) is 14.1 Å². The molecule has 0 N–H and O–H groups in total. The molecule has 0 radical (unpaired) electrons. The summed E-state index contributed by atoms with van der Waals surface area (Å²) in [4.78, 5) is 13.4. The zero-order valence-electron chi connectivity index (χ0n) is 10.7. The van der Waals surface area contributed by atoms with E-state index < -0.39 is 5.82 Å². The number of halogens is 2. The molecular weight excluding hydrogens is 271 g/mol. The maximum absolute atomic E-state index is 13.8. The highest BCUT2D eigenvalue weighted by Crippen LogP contribution is 2.25. The summed E-state index contributed by atoms with van der Waals surface area (Å²) in [6.07, 6.45) is 0. The molecule has 1 aromatic heterocycles. The second kappa shape index (κ2) is 5.36. The van der Waals surface area contributed by atoms with Crippen molar-refractivity contribution in [2.75, 3.05) is 19.0 Å². The largest absolute Gasteiger partial charge is 0.421 e. The quantitative estimate of drug-likeness (QED) is 0.866. The maximum Gasteiger partial charge on any atom is 0.328 e. The molecule has 5 nitrogen and oxygen atoms in total. The van der Waals surface area contributed by atoms with Crippen molar-refractivity contribution in [2.45, 2.75) is 6.92 Å². The first-order valence-electron chi connectivity index (χ1n) is 5.49. The first-order valence-corrected chi connectivity index (χ1v) is 5.87. The van der Waals surface area contributed by atoms with E-state index in [0.717, 1.165) is 0 Å². The molecule has 0 saturated carbocycles. The van der Waals surface area contributed by atoms with Crippen molar-refractivity contribution in [2.24, 2.45) is 0 Å². The number of aryl methyl sites for hydroxylation is 1. The number of benzene rings is 1. The van der Waals surface area contributed by atoms with Gasteiger partial charge in [0.15, 0.2) is 11.6 Å². The molecule has 100 valence electrons. The molecule has 2 aromatic rings. The fourth-order valence-electron chi connectivity index (χ4n) is 1.37. The van der Waals surface area contributed by atoms with Crippen molar-refractivity contribution in [3.63, 3.8) is 0 Å². The molecule has 1 aromatic carbocycles. The van der Waals surface area contributed by atoms with E-state index >= 15 is 0 Å². The SMILES string of the molecule is Cc1cccc(Oc2nc(Cl)nc(N(C)C)n2)c1F. The lowest BCUT2D eigenvalue weighted by molar-refractivity contribution is 0.408. The molecule has 19 heavy (non-hydrogen) atoms. The minimum Gasteiger partial charge on any atom is -0.421 e. The molecule has 0 unspecified atom stereocenters. The highest BCUT2D eigenvalue weighted by atomic mass is 35.5. The molecule has 7 heteroatoms. The summed E-state index contributed by atoms with van der Waals surface area (Å²) < 4.78 is 19.1. The highest BCUT2D eigenvalue weighted by molar-refractivity contribution is 6.28. The average molecular weight is 283 g/mol. The van der Waals surface area contributed by atoms with Gasteiger partial charge in [0.1, 0.15) is 0 Å². The van der Waals surface area contributed by atoms with Crippen molar-refractivity contribution in [3.8, 4) is 11.8 Å². The Kier molecular flexibility index (Phi) is 3.80. The van der Waals surface area contributed by atoms with Crippen LogP contribution in [0, 0.1) is 12.7 Å². The Balaban J connectivity index is 2.35. The topological polar surface area (TPSA) is 51.1 Å². The summed E-state index contributed by atoms with van der Waals surface area (Å²) in [7, 11) is 3.51. The Hall–Kier alpha value is -1.95. The van der Waals surface area contributed by atoms with Gasteiger partial charge < -0.3 is 9.64 Å². The van der Waals surface area contributed by atoms with Crippen LogP contribution in [-0.2, 0) is 0 Å². The smallest absolute Gasteiger partial charge is 0.328 e. The van der Waals surface area contributed by atoms with E-state index in [4.69, 9.17) is 16.3 Å². The minimum atomic E-state index is -0.453. The Bertz CT molecular complexity index is 606. The number of ether oxygens (including phenoxy) is 1. The molecule has 0 fully saturated rings. The monoisotopic (exact) mass is 282 g/mol. The number of aromatic nitrogens is 3. The van der Waals surface area contributed by atoms with E-state index in [9.17, 15) is 4.39 Å². The molecule has 0 bridgehead atoms. The lowest BCUT2D eigenvalue weighted by Gasteiger charge is -2.11. The van der Waals surface area contributed by atoms with E-state index in [1.807, 2.05) is 0 Å². The van der Waals surface area contributed by atoms with Crippen LogP contribution in [0.5, 0.6) is 11.8 Å². The van der Waals surface area contributed by atoms with Gasteiger partial charge in [0.25, 0.3) is 0 Å². The molecule has 0 aliphatic carbocycles. The first kappa shape index (κ1) is 13.5. The van der Waals surface area contributed by atoms with Gasteiger partial charge in [0.05, 0.1) is 0 Å². The summed E-state index contributed by atoms with van der Waals surface area (Å²) in [6, 6.07) is 4.78. The predicted molar refractivity (Wildman–Crippen MR) is 70.4 cm³/mol. The molecular formula is C12H12ClFN4O. The fraction of sp³-hybridized carbons (Fsp3) is 0.250. The van der Waals surface area contributed by atoms with Gasteiger partial charge in [-0.05, 0) is 30.2 Å². The lowest BCUT2D eigenvalue weighted by Crippen LogP contribution is -2.13. The van der Waals surface area contributed by atoms with Crippen LogP contribution in [0.4, 0.5) is 10.3 Å². The zero-order valence-corrected chi connectivity index (χ0v) is 11.4. The zero-order chi connectivity index (χ0) is 14.0. The number of hydrogen-bond donors (Lipinski definition) is 0. The maximum atomic E-state index is 13.8. The Morgan fingerprint density at radius 1 is 1.21 bits per heavy atom. The molecule has 0 aliphatic heterocycles. The number of hydrogen-bond acceptors (Lipinski definition) is 5. The molecule has 0 atom stereocenters. The lowest BCUT2D eigenvalue weighted by atomic mass is 10.2. The van der Waals surface area contributed by atoms with Crippen molar-refractivity contribution >= 4 is 17.5 Å². The van der Waals surface area contributed by atoms with Crippen LogP contribution in [-0.4, -0.2) is 29.0 Å². The van der Waals surface area contributed by atoms with Crippen molar-refractivity contribution < 1.29 is 9.13 Å².